The molecule has 0 aliphatic rings. The lowest BCUT2D eigenvalue weighted by molar-refractivity contribution is -0.384. The lowest BCUT2D eigenvalue weighted by Gasteiger charge is -2.11. The Balaban J connectivity index is 2.17. The first-order valence-electron chi connectivity index (χ1n) is 9.02. The van der Waals surface area contributed by atoms with Crippen LogP contribution in [0.2, 0.25) is 0 Å². The summed E-state index contributed by atoms with van der Waals surface area (Å²) in [7, 11) is 0. The maximum atomic E-state index is 12.6. The molecule has 2 amide bonds. The molecule has 0 radical (unpaired) electrons. The van der Waals surface area contributed by atoms with Crippen molar-refractivity contribution >= 4 is 29.3 Å². The molecular formula is C21H23N3O5. The molecule has 8 heteroatoms. The predicted octanol–water partition coefficient (Wildman–Crippen LogP) is 3.75. The number of hydrogen-bond acceptors (Lipinski definition) is 5. The molecule has 0 spiro atoms. The van der Waals surface area contributed by atoms with Crippen molar-refractivity contribution in [1.82, 2.24) is 5.32 Å². The molecule has 0 aromatic heterocycles. The number of nitro benzene ring substituents is 1. The number of ether oxygens (including phenoxy) is 1. The largest absolute Gasteiger partial charge is 0.493 e. The number of nitrogens with zero attached hydrogens (tertiary/aromatic N) is 1. The normalized spacial score (nSPS) is 11.1. The van der Waals surface area contributed by atoms with E-state index < -0.39 is 16.7 Å². The van der Waals surface area contributed by atoms with Gasteiger partial charge in [-0.15, -0.1) is 0 Å². The summed E-state index contributed by atoms with van der Waals surface area (Å²) in [4.78, 5) is 34.5. The van der Waals surface area contributed by atoms with Crippen LogP contribution in [-0.4, -0.2) is 23.3 Å². The molecule has 29 heavy (non-hydrogen) atoms. The smallest absolute Gasteiger partial charge is 0.272 e. The lowest BCUT2D eigenvalue weighted by Crippen LogP contribution is -2.28. The molecule has 0 unspecified atom stereocenters. The van der Waals surface area contributed by atoms with Crippen molar-refractivity contribution in [3.8, 4) is 5.75 Å². The first-order chi connectivity index (χ1) is 13.7. The van der Waals surface area contributed by atoms with Gasteiger partial charge in [-0.25, -0.2) is 0 Å². The van der Waals surface area contributed by atoms with E-state index >= 15 is 0 Å². The zero-order chi connectivity index (χ0) is 21.4. The van der Waals surface area contributed by atoms with E-state index in [1.165, 1.54) is 31.2 Å². The third-order valence-corrected chi connectivity index (χ3v) is 3.64. The highest BCUT2D eigenvalue weighted by Crippen LogP contribution is 2.18. The van der Waals surface area contributed by atoms with Crippen molar-refractivity contribution in [2.24, 2.45) is 5.92 Å². The molecule has 8 nitrogen and oxygen atoms in total. The van der Waals surface area contributed by atoms with Gasteiger partial charge in [-0.3, -0.25) is 19.7 Å². The monoisotopic (exact) mass is 397 g/mol. The Hall–Kier alpha value is -3.68. The standard InChI is InChI=1S/C21H23N3O5/c1-14(2)13-29-19-9-7-17(8-10-19)23-21(26)20(22-15(3)25)12-16-5-4-6-18(11-16)24(27)28/h4-12,14H,13H2,1-3H3,(H,22,25)(H,23,26)/b20-12-. The number of amides is 2. The lowest BCUT2D eigenvalue weighted by atomic mass is 10.1. The molecule has 0 fully saturated rings. The number of benzene rings is 2. The summed E-state index contributed by atoms with van der Waals surface area (Å²) < 4.78 is 5.60. The maximum Gasteiger partial charge on any atom is 0.272 e. The summed E-state index contributed by atoms with van der Waals surface area (Å²) in [6.07, 6.45) is 1.38. The highest BCUT2D eigenvalue weighted by atomic mass is 16.6. The summed E-state index contributed by atoms with van der Waals surface area (Å²) in [6, 6.07) is 12.6. The van der Waals surface area contributed by atoms with E-state index in [9.17, 15) is 19.7 Å². The Morgan fingerprint density at radius 1 is 1.17 bits per heavy atom. The fraction of sp³-hybridized carbons (Fsp3) is 0.238. The van der Waals surface area contributed by atoms with Gasteiger partial charge in [-0.05, 0) is 41.8 Å². The minimum atomic E-state index is -0.553. The highest BCUT2D eigenvalue weighted by molar-refractivity contribution is 6.08. The van der Waals surface area contributed by atoms with Gasteiger partial charge in [0, 0.05) is 24.7 Å². The van der Waals surface area contributed by atoms with Crippen LogP contribution in [0.3, 0.4) is 0 Å². The molecule has 2 aromatic carbocycles. The van der Waals surface area contributed by atoms with Gasteiger partial charge in [0.2, 0.25) is 5.91 Å². The second-order valence-corrected chi connectivity index (χ2v) is 6.77. The number of nitro groups is 1. The summed E-state index contributed by atoms with van der Waals surface area (Å²) in [5.74, 6) is 0.0938. The number of anilines is 1. The van der Waals surface area contributed by atoms with Gasteiger partial charge >= 0.3 is 0 Å². The van der Waals surface area contributed by atoms with Crippen molar-refractivity contribution < 1.29 is 19.2 Å². The molecule has 0 aliphatic carbocycles. The predicted molar refractivity (Wildman–Crippen MR) is 110 cm³/mol. The van der Waals surface area contributed by atoms with E-state index in [0.29, 0.717) is 29.5 Å². The van der Waals surface area contributed by atoms with Gasteiger partial charge in [-0.2, -0.15) is 0 Å². The van der Waals surface area contributed by atoms with E-state index in [1.54, 1.807) is 30.3 Å². The van der Waals surface area contributed by atoms with Crippen molar-refractivity contribution in [3.05, 3.63) is 69.9 Å². The maximum absolute atomic E-state index is 12.6. The molecule has 2 N–H and O–H groups in total. The van der Waals surface area contributed by atoms with Crippen molar-refractivity contribution in [2.75, 3.05) is 11.9 Å². The minimum absolute atomic E-state index is 0.0295. The van der Waals surface area contributed by atoms with Crippen LogP contribution in [0.1, 0.15) is 26.3 Å². The van der Waals surface area contributed by atoms with Crippen LogP contribution in [0.15, 0.2) is 54.2 Å². The zero-order valence-corrected chi connectivity index (χ0v) is 16.5. The van der Waals surface area contributed by atoms with Crippen LogP contribution < -0.4 is 15.4 Å². The van der Waals surface area contributed by atoms with Gasteiger partial charge in [0.25, 0.3) is 11.6 Å². The molecule has 152 valence electrons. The minimum Gasteiger partial charge on any atom is -0.493 e. The topological polar surface area (TPSA) is 111 Å². The number of non-ortho nitro benzene ring substituents is 1. The number of carbonyl (C=O) groups is 2. The molecular weight excluding hydrogens is 374 g/mol. The van der Waals surface area contributed by atoms with E-state index in [1.807, 2.05) is 13.8 Å². The summed E-state index contributed by atoms with van der Waals surface area (Å²) >= 11 is 0. The first-order valence-corrected chi connectivity index (χ1v) is 9.02. The van der Waals surface area contributed by atoms with Crippen molar-refractivity contribution in [3.63, 3.8) is 0 Å². The molecule has 2 rings (SSSR count). The number of nitrogens with one attached hydrogen (secondary N) is 2. The second kappa shape index (κ2) is 10.0. The first kappa shape index (κ1) is 21.6. The average molecular weight is 397 g/mol. The molecule has 0 bridgehead atoms. The van der Waals surface area contributed by atoms with Crippen LogP contribution in [0.25, 0.3) is 6.08 Å². The van der Waals surface area contributed by atoms with Crippen LogP contribution >= 0.6 is 0 Å². The van der Waals surface area contributed by atoms with Crippen molar-refractivity contribution in [2.45, 2.75) is 20.8 Å². The number of carbonyl (C=O) groups excluding carboxylic acids is 2. The van der Waals surface area contributed by atoms with Crippen LogP contribution in [0.4, 0.5) is 11.4 Å². The van der Waals surface area contributed by atoms with E-state index in [2.05, 4.69) is 10.6 Å². The van der Waals surface area contributed by atoms with E-state index in [-0.39, 0.29) is 11.4 Å². The molecule has 0 saturated heterocycles. The van der Waals surface area contributed by atoms with Gasteiger partial charge in [0.1, 0.15) is 11.4 Å². The summed E-state index contributed by atoms with van der Waals surface area (Å²) in [5.41, 5.74) is 0.786. The third kappa shape index (κ3) is 7.10. The Morgan fingerprint density at radius 3 is 2.45 bits per heavy atom. The van der Waals surface area contributed by atoms with Crippen molar-refractivity contribution in [1.29, 1.82) is 0 Å². The number of rotatable bonds is 8. The quantitative estimate of drug-likeness (QED) is 0.400. The summed E-state index contributed by atoms with van der Waals surface area (Å²) in [6.45, 7) is 5.96. The van der Waals surface area contributed by atoms with Gasteiger partial charge in [-0.1, -0.05) is 26.0 Å². The number of hydrogen-bond donors (Lipinski definition) is 2. The molecule has 0 aliphatic heterocycles. The molecule has 0 atom stereocenters. The van der Waals surface area contributed by atoms with Gasteiger partial charge in [0.15, 0.2) is 0 Å². The Morgan fingerprint density at radius 2 is 1.86 bits per heavy atom. The molecule has 0 heterocycles. The molecule has 0 saturated carbocycles. The van der Waals surface area contributed by atoms with Crippen LogP contribution in [-0.2, 0) is 9.59 Å². The Kier molecular flexibility index (Phi) is 7.47. The average Bonchev–Trinajstić information content (AvgIpc) is 2.66. The Bertz CT molecular complexity index is 920. The molecule has 2 aromatic rings. The van der Waals surface area contributed by atoms with Gasteiger partial charge < -0.3 is 15.4 Å². The van der Waals surface area contributed by atoms with E-state index in [0.717, 1.165) is 0 Å². The Labute approximate surface area is 168 Å². The third-order valence-electron chi connectivity index (χ3n) is 3.64. The second-order valence-electron chi connectivity index (χ2n) is 6.77. The highest BCUT2D eigenvalue weighted by Gasteiger charge is 2.13. The fourth-order valence-corrected chi connectivity index (χ4v) is 2.34. The van der Waals surface area contributed by atoms with E-state index in [4.69, 9.17) is 4.74 Å². The fourth-order valence-electron chi connectivity index (χ4n) is 2.34. The van der Waals surface area contributed by atoms with Gasteiger partial charge in [0.05, 0.1) is 11.5 Å². The summed E-state index contributed by atoms with van der Waals surface area (Å²) in [5, 5.41) is 16.1. The van der Waals surface area contributed by atoms with Crippen LogP contribution in [0.5, 0.6) is 5.75 Å². The van der Waals surface area contributed by atoms with Crippen LogP contribution in [0, 0.1) is 16.0 Å². The zero-order valence-electron chi connectivity index (χ0n) is 16.5. The SMILES string of the molecule is CC(=O)N/C(=C\c1cccc([N+](=O)[O-])c1)C(=O)Nc1ccc(OCC(C)C)cc1.